The van der Waals surface area contributed by atoms with Crippen LogP contribution in [-0.2, 0) is 11.3 Å². The molecule has 1 saturated heterocycles. The molecule has 2 aromatic carbocycles. The summed E-state index contributed by atoms with van der Waals surface area (Å²) in [6.07, 6.45) is 0.0865. The normalized spacial score (nSPS) is 18.6. The quantitative estimate of drug-likeness (QED) is 0.637. The zero-order valence-corrected chi connectivity index (χ0v) is 18.9. The minimum absolute atomic E-state index is 0.0433. The number of halogens is 1. The van der Waals surface area contributed by atoms with Crippen LogP contribution in [-0.4, -0.2) is 41.0 Å². The van der Waals surface area contributed by atoms with Gasteiger partial charge in [-0.1, -0.05) is 12.1 Å². The Labute approximate surface area is 188 Å². The summed E-state index contributed by atoms with van der Waals surface area (Å²) in [6.45, 7) is 9.87. The molecule has 2 unspecified atom stereocenters. The lowest BCUT2D eigenvalue weighted by Gasteiger charge is -2.37. The van der Waals surface area contributed by atoms with Gasteiger partial charge in [-0.2, -0.15) is 5.10 Å². The zero-order valence-electron chi connectivity index (χ0n) is 18.9. The molecule has 0 saturated carbocycles. The molecule has 1 aliphatic rings. The number of morpholine rings is 1. The first-order chi connectivity index (χ1) is 15.3. The summed E-state index contributed by atoms with van der Waals surface area (Å²) < 4.78 is 22.5. The smallest absolute Gasteiger partial charge is 0.255 e. The molecule has 4 rings (SSSR count). The topological polar surface area (TPSA) is 59.4 Å². The van der Waals surface area contributed by atoms with Crippen LogP contribution in [0.5, 0.6) is 0 Å². The van der Waals surface area contributed by atoms with Gasteiger partial charge < -0.3 is 15.0 Å². The van der Waals surface area contributed by atoms with E-state index in [4.69, 9.17) is 4.74 Å². The average molecular weight is 437 g/mol. The van der Waals surface area contributed by atoms with E-state index in [1.165, 1.54) is 6.07 Å². The summed E-state index contributed by atoms with van der Waals surface area (Å²) in [5.74, 6) is -0.632. The van der Waals surface area contributed by atoms with Gasteiger partial charge in [-0.05, 0) is 69.7 Å². The maximum atomic E-state index is 14.8. The lowest BCUT2D eigenvalue weighted by Crippen LogP contribution is -2.45. The molecule has 168 valence electrons. The first kappa shape index (κ1) is 22.0. The number of carbonyl (C=O) groups is 1. The number of nitrogens with one attached hydrogen (secondary N) is 1. The Hall–Kier alpha value is -3.19. The lowest BCUT2D eigenvalue weighted by atomic mass is 10.1. The number of rotatable bonds is 5. The summed E-state index contributed by atoms with van der Waals surface area (Å²) in [4.78, 5) is 14.6. The van der Waals surface area contributed by atoms with Crippen molar-refractivity contribution in [2.45, 2.75) is 46.4 Å². The van der Waals surface area contributed by atoms with Crippen LogP contribution in [0.1, 0.15) is 41.2 Å². The molecule has 3 aromatic rings. The van der Waals surface area contributed by atoms with E-state index < -0.39 is 0 Å². The first-order valence-electron chi connectivity index (χ1n) is 10.9. The van der Waals surface area contributed by atoms with Crippen LogP contribution in [0.15, 0.2) is 48.5 Å². The standard InChI is InChI=1S/C25H29FN4O2/c1-16-11-17(2)30(28-16)15-20-5-7-21(8-6-20)25(31)27-22-9-10-24(23(26)12-22)29-13-18(3)32-19(4)14-29/h5-12,18-19H,13-15H2,1-4H3,(H,27,31). The molecule has 0 aliphatic carbocycles. The third-order valence-corrected chi connectivity index (χ3v) is 5.62. The van der Waals surface area contributed by atoms with Gasteiger partial charge in [-0.3, -0.25) is 9.48 Å². The maximum Gasteiger partial charge on any atom is 0.255 e. The summed E-state index contributed by atoms with van der Waals surface area (Å²) in [6, 6.07) is 14.2. The molecular weight excluding hydrogens is 407 g/mol. The van der Waals surface area contributed by atoms with E-state index in [2.05, 4.69) is 10.4 Å². The fourth-order valence-corrected chi connectivity index (χ4v) is 4.19. The molecule has 0 bridgehead atoms. The van der Waals surface area contributed by atoms with Crippen molar-refractivity contribution >= 4 is 17.3 Å². The molecule has 0 spiro atoms. The number of benzene rings is 2. The van der Waals surface area contributed by atoms with Crippen molar-refractivity contribution in [1.82, 2.24) is 9.78 Å². The number of carbonyl (C=O) groups excluding carboxylic acids is 1. The number of aryl methyl sites for hydroxylation is 2. The lowest BCUT2D eigenvalue weighted by molar-refractivity contribution is -0.00539. The Morgan fingerprint density at radius 3 is 2.38 bits per heavy atom. The van der Waals surface area contributed by atoms with Crippen molar-refractivity contribution in [1.29, 1.82) is 0 Å². The third-order valence-electron chi connectivity index (χ3n) is 5.62. The summed E-state index contributed by atoms with van der Waals surface area (Å²) in [7, 11) is 0. The van der Waals surface area contributed by atoms with E-state index >= 15 is 0 Å². The summed E-state index contributed by atoms with van der Waals surface area (Å²) in [5.41, 5.74) is 4.60. The summed E-state index contributed by atoms with van der Waals surface area (Å²) in [5, 5.41) is 7.26. The van der Waals surface area contributed by atoms with E-state index in [1.54, 1.807) is 24.3 Å². The predicted octanol–water partition coefficient (Wildman–Crippen LogP) is 4.55. The number of ether oxygens (including phenoxy) is 1. The van der Waals surface area contributed by atoms with E-state index in [0.717, 1.165) is 17.0 Å². The number of hydrogen-bond acceptors (Lipinski definition) is 4. The van der Waals surface area contributed by atoms with Gasteiger partial charge in [0.05, 0.1) is 30.1 Å². The number of hydrogen-bond donors (Lipinski definition) is 1. The van der Waals surface area contributed by atoms with Gasteiger partial charge in [-0.15, -0.1) is 0 Å². The van der Waals surface area contributed by atoms with Crippen LogP contribution in [0, 0.1) is 19.7 Å². The highest BCUT2D eigenvalue weighted by Crippen LogP contribution is 2.26. The van der Waals surface area contributed by atoms with Crippen LogP contribution >= 0.6 is 0 Å². The molecule has 32 heavy (non-hydrogen) atoms. The molecule has 0 radical (unpaired) electrons. The van der Waals surface area contributed by atoms with Crippen molar-refractivity contribution in [3.05, 3.63) is 76.9 Å². The monoisotopic (exact) mass is 436 g/mol. The van der Waals surface area contributed by atoms with Crippen molar-refractivity contribution < 1.29 is 13.9 Å². The molecule has 1 N–H and O–H groups in total. The van der Waals surface area contributed by atoms with Crippen molar-refractivity contribution in [3.63, 3.8) is 0 Å². The first-order valence-corrected chi connectivity index (χ1v) is 10.9. The van der Waals surface area contributed by atoms with Gasteiger partial charge in [0.1, 0.15) is 5.82 Å². The number of nitrogens with zero attached hydrogens (tertiary/aromatic N) is 3. The maximum absolute atomic E-state index is 14.8. The molecule has 2 heterocycles. The van der Waals surface area contributed by atoms with E-state index in [-0.39, 0.29) is 23.9 Å². The second kappa shape index (κ2) is 9.12. The minimum Gasteiger partial charge on any atom is -0.372 e. The minimum atomic E-state index is -0.357. The van der Waals surface area contributed by atoms with Crippen LogP contribution in [0.4, 0.5) is 15.8 Å². The van der Waals surface area contributed by atoms with Gasteiger partial charge >= 0.3 is 0 Å². The average Bonchev–Trinajstić information content (AvgIpc) is 3.04. The summed E-state index contributed by atoms with van der Waals surface area (Å²) >= 11 is 0. The van der Waals surface area contributed by atoms with Crippen molar-refractivity contribution in [3.8, 4) is 0 Å². The third kappa shape index (κ3) is 4.99. The molecule has 1 fully saturated rings. The zero-order chi connectivity index (χ0) is 22.8. The Morgan fingerprint density at radius 2 is 1.78 bits per heavy atom. The number of amides is 1. The van der Waals surface area contributed by atoms with Gasteiger partial charge in [0.2, 0.25) is 0 Å². The van der Waals surface area contributed by atoms with Crippen LogP contribution in [0.3, 0.4) is 0 Å². The second-order valence-electron chi connectivity index (χ2n) is 8.56. The largest absolute Gasteiger partial charge is 0.372 e. The molecule has 1 amide bonds. The number of aromatic nitrogens is 2. The molecule has 7 heteroatoms. The van der Waals surface area contributed by atoms with E-state index in [1.807, 2.05) is 55.5 Å². The highest BCUT2D eigenvalue weighted by Gasteiger charge is 2.24. The Kier molecular flexibility index (Phi) is 6.28. The van der Waals surface area contributed by atoms with Crippen LogP contribution in [0.25, 0.3) is 0 Å². The Balaban J connectivity index is 1.41. The fraction of sp³-hybridized carbons (Fsp3) is 0.360. The number of anilines is 2. The van der Waals surface area contributed by atoms with Crippen LogP contribution in [0.2, 0.25) is 0 Å². The van der Waals surface area contributed by atoms with Gasteiger partial charge in [0.15, 0.2) is 0 Å². The highest BCUT2D eigenvalue weighted by atomic mass is 19.1. The molecular formula is C25H29FN4O2. The van der Waals surface area contributed by atoms with Crippen LogP contribution < -0.4 is 10.2 Å². The van der Waals surface area contributed by atoms with Gasteiger partial charge in [0.25, 0.3) is 5.91 Å². The molecule has 2 atom stereocenters. The Bertz CT molecular complexity index is 1100. The van der Waals surface area contributed by atoms with Crippen molar-refractivity contribution in [2.24, 2.45) is 0 Å². The highest BCUT2D eigenvalue weighted by molar-refractivity contribution is 6.04. The van der Waals surface area contributed by atoms with E-state index in [0.29, 0.717) is 36.6 Å². The fourth-order valence-electron chi connectivity index (χ4n) is 4.19. The molecule has 1 aliphatic heterocycles. The van der Waals surface area contributed by atoms with Gasteiger partial charge in [0, 0.05) is 30.0 Å². The SMILES string of the molecule is Cc1cc(C)n(Cc2ccc(C(=O)Nc3ccc(N4CC(C)OC(C)C4)c(F)c3)cc2)n1. The molecule has 1 aromatic heterocycles. The predicted molar refractivity (Wildman–Crippen MR) is 124 cm³/mol. The Morgan fingerprint density at radius 1 is 1.09 bits per heavy atom. The van der Waals surface area contributed by atoms with Crippen molar-refractivity contribution in [2.75, 3.05) is 23.3 Å². The molecule has 6 nitrogen and oxygen atoms in total. The van der Waals surface area contributed by atoms with E-state index in [9.17, 15) is 9.18 Å². The van der Waals surface area contributed by atoms with Gasteiger partial charge in [-0.25, -0.2) is 4.39 Å². The second-order valence-corrected chi connectivity index (χ2v) is 8.56.